The largest absolute Gasteiger partial charge is 0.485 e. The van der Waals surface area contributed by atoms with Gasteiger partial charge in [0.1, 0.15) is 5.75 Å². The maximum Gasteiger partial charge on any atom is 0.216 e. The average Bonchev–Trinajstić information content (AvgIpc) is 3.04. The number of nitrogens with one attached hydrogen (secondary N) is 2. The third kappa shape index (κ3) is 4.64. The first kappa shape index (κ1) is 20.2. The smallest absolute Gasteiger partial charge is 0.216 e. The lowest BCUT2D eigenvalue weighted by molar-refractivity contribution is 0.0916. The second-order valence-electron chi connectivity index (χ2n) is 7.60. The molecule has 150 valence electrons. The van der Waals surface area contributed by atoms with Gasteiger partial charge in [0.15, 0.2) is 12.4 Å². The second-order valence-corrected chi connectivity index (χ2v) is 7.60. The Balaban J connectivity index is 1.60. The third-order valence-corrected chi connectivity index (χ3v) is 5.48. The summed E-state index contributed by atoms with van der Waals surface area (Å²) in [5.74, 6) is 0.499. The third-order valence-electron chi connectivity index (χ3n) is 5.48. The molecular formula is C23H30N2O3. The molecule has 1 aliphatic carbocycles. The number of ether oxygens (including phenoxy) is 1. The molecule has 2 N–H and O–H groups in total. The Morgan fingerprint density at radius 1 is 1.14 bits per heavy atom. The van der Waals surface area contributed by atoms with Crippen molar-refractivity contribution in [1.29, 1.82) is 0 Å². The van der Waals surface area contributed by atoms with Gasteiger partial charge in [0, 0.05) is 23.0 Å². The Hall–Kier alpha value is -2.56. The first-order chi connectivity index (χ1) is 13.5. The van der Waals surface area contributed by atoms with Gasteiger partial charge in [0.05, 0.1) is 5.69 Å². The first-order valence-corrected chi connectivity index (χ1v) is 10.2. The number of carbonyl (C=O) groups is 2. The summed E-state index contributed by atoms with van der Waals surface area (Å²) in [4.78, 5) is 27.6. The minimum Gasteiger partial charge on any atom is -0.485 e. The van der Waals surface area contributed by atoms with E-state index in [0.717, 1.165) is 16.9 Å². The van der Waals surface area contributed by atoms with E-state index in [1.807, 2.05) is 38.1 Å². The monoisotopic (exact) mass is 382 g/mol. The molecular weight excluding hydrogens is 352 g/mol. The molecule has 1 fully saturated rings. The molecule has 1 aromatic carbocycles. The van der Waals surface area contributed by atoms with Crippen LogP contribution in [0.4, 0.5) is 5.69 Å². The van der Waals surface area contributed by atoms with Gasteiger partial charge < -0.3 is 15.0 Å². The summed E-state index contributed by atoms with van der Waals surface area (Å²) in [6.45, 7) is 5.25. The van der Waals surface area contributed by atoms with Crippen LogP contribution in [0.5, 0.6) is 5.75 Å². The zero-order chi connectivity index (χ0) is 20.1. The van der Waals surface area contributed by atoms with Gasteiger partial charge in [-0.2, -0.15) is 0 Å². The van der Waals surface area contributed by atoms with Crippen LogP contribution in [0, 0.1) is 6.92 Å². The lowest BCUT2D eigenvalue weighted by Gasteiger charge is -2.23. The van der Waals surface area contributed by atoms with Crippen LogP contribution in [0.25, 0.3) is 0 Å². The highest BCUT2D eigenvalue weighted by molar-refractivity contribution is 6.03. The van der Waals surface area contributed by atoms with Crippen molar-refractivity contribution in [1.82, 2.24) is 4.98 Å². The van der Waals surface area contributed by atoms with Crippen molar-refractivity contribution in [2.45, 2.75) is 65.3 Å². The lowest BCUT2D eigenvalue weighted by Crippen LogP contribution is -2.22. The van der Waals surface area contributed by atoms with Crippen LogP contribution in [-0.4, -0.2) is 29.2 Å². The molecule has 0 amide bonds. The van der Waals surface area contributed by atoms with Crippen LogP contribution in [0.15, 0.2) is 24.3 Å². The van der Waals surface area contributed by atoms with E-state index >= 15 is 0 Å². The molecule has 28 heavy (non-hydrogen) atoms. The number of H-pyrrole nitrogens is 1. The van der Waals surface area contributed by atoms with Gasteiger partial charge in [0.25, 0.3) is 0 Å². The SMILES string of the molecule is CCc1c(C(=O)COc2ccc(NC3CCCCC3)cc2)[nH]c(C)c1C(C)=O. The fourth-order valence-corrected chi connectivity index (χ4v) is 4.10. The Labute approximate surface area is 166 Å². The number of rotatable bonds is 8. The van der Waals surface area contributed by atoms with E-state index in [2.05, 4.69) is 10.3 Å². The molecule has 3 rings (SSSR count). The molecule has 1 saturated carbocycles. The first-order valence-electron chi connectivity index (χ1n) is 10.2. The van der Waals surface area contributed by atoms with Crippen LogP contribution in [0.1, 0.15) is 78.1 Å². The summed E-state index contributed by atoms with van der Waals surface area (Å²) in [5.41, 5.74) is 3.73. The maximum atomic E-state index is 12.6. The topological polar surface area (TPSA) is 71.2 Å². The number of aromatic nitrogens is 1. The predicted molar refractivity (Wildman–Crippen MR) is 112 cm³/mol. The molecule has 0 aliphatic heterocycles. The normalized spacial score (nSPS) is 14.7. The van der Waals surface area contributed by atoms with E-state index in [1.54, 1.807) is 0 Å². The highest BCUT2D eigenvalue weighted by Gasteiger charge is 2.21. The van der Waals surface area contributed by atoms with Crippen LogP contribution in [-0.2, 0) is 6.42 Å². The molecule has 0 unspecified atom stereocenters. The minimum atomic E-state index is -0.142. The number of anilines is 1. The van der Waals surface area contributed by atoms with Crippen molar-refractivity contribution < 1.29 is 14.3 Å². The van der Waals surface area contributed by atoms with Crippen LogP contribution in [0.2, 0.25) is 0 Å². The number of hydrogen-bond donors (Lipinski definition) is 2. The Kier molecular flexibility index (Phi) is 6.55. The van der Waals surface area contributed by atoms with E-state index in [9.17, 15) is 9.59 Å². The lowest BCUT2D eigenvalue weighted by atomic mass is 9.95. The van der Waals surface area contributed by atoms with E-state index in [-0.39, 0.29) is 18.2 Å². The van der Waals surface area contributed by atoms with Crippen molar-refractivity contribution in [2.24, 2.45) is 0 Å². The molecule has 0 atom stereocenters. The van der Waals surface area contributed by atoms with Crippen LogP contribution in [0.3, 0.4) is 0 Å². The summed E-state index contributed by atoms with van der Waals surface area (Å²) >= 11 is 0. The zero-order valence-corrected chi connectivity index (χ0v) is 17.1. The molecule has 0 spiro atoms. The highest BCUT2D eigenvalue weighted by Crippen LogP contribution is 2.24. The van der Waals surface area contributed by atoms with Crippen molar-refractivity contribution in [3.05, 3.63) is 46.8 Å². The van der Waals surface area contributed by atoms with E-state index < -0.39 is 0 Å². The number of hydrogen-bond acceptors (Lipinski definition) is 4. The second kappa shape index (κ2) is 9.09. The number of aromatic amines is 1. The van der Waals surface area contributed by atoms with Crippen molar-refractivity contribution in [2.75, 3.05) is 11.9 Å². The van der Waals surface area contributed by atoms with Gasteiger partial charge in [0.2, 0.25) is 5.78 Å². The number of Topliss-reactive ketones (excluding diaryl/α,β-unsaturated/α-hetero) is 2. The van der Waals surface area contributed by atoms with Gasteiger partial charge in [-0.15, -0.1) is 0 Å². The average molecular weight is 383 g/mol. The Morgan fingerprint density at radius 3 is 2.43 bits per heavy atom. The molecule has 1 aromatic heterocycles. The van der Waals surface area contributed by atoms with Crippen molar-refractivity contribution >= 4 is 17.3 Å². The molecule has 0 bridgehead atoms. The van der Waals surface area contributed by atoms with Gasteiger partial charge in [-0.3, -0.25) is 9.59 Å². The minimum absolute atomic E-state index is 0.0216. The molecule has 1 heterocycles. The van der Waals surface area contributed by atoms with Gasteiger partial charge in [-0.1, -0.05) is 26.2 Å². The van der Waals surface area contributed by atoms with Crippen molar-refractivity contribution in [3.8, 4) is 5.75 Å². The standard InChI is InChI=1S/C23H30N2O3/c1-4-20-22(16(3)26)15(2)24-23(20)21(27)14-28-19-12-10-18(11-13-19)25-17-8-6-5-7-9-17/h10-13,17,24-25H,4-9,14H2,1-3H3. The fraction of sp³-hybridized carbons (Fsp3) is 0.478. The van der Waals surface area contributed by atoms with Crippen LogP contribution < -0.4 is 10.1 Å². The number of ketones is 2. The fourth-order valence-electron chi connectivity index (χ4n) is 4.10. The summed E-state index contributed by atoms with van der Waals surface area (Å²) in [5, 5.41) is 3.57. The quantitative estimate of drug-likeness (QED) is 0.624. The Morgan fingerprint density at radius 2 is 1.82 bits per heavy atom. The van der Waals surface area contributed by atoms with Gasteiger partial charge in [-0.05, 0) is 62.9 Å². The number of carbonyl (C=O) groups excluding carboxylic acids is 2. The Bertz CT molecular complexity index is 830. The molecule has 5 heteroatoms. The molecule has 5 nitrogen and oxygen atoms in total. The summed E-state index contributed by atoms with van der Waals surface area (Å²) in [7, 11) is 0. The highest BCUT2D eigenvalue weighted by atomic mass is 16.5. The van der Waals surface area contributed by atoms with Gasteiger partial charge >= 0.3 is 0 Å². The van der Waals surface area contributed by atoms with E-state index in [4.69, 9.17) is 4.74 Å². The summed E-state index contributed by atoms with van der Waals surface area (Å²) in [6, 6.07) is 8.33. The van der Waals surface area contributed by atoms with Gasteiger partial charge in [-0.25, -0.2) is 0 Å². The number of aryl methyl sites for hydroxylation is 1. The maximum absolute atomic E-state index is 12.6. The summed E-state index contributed by atoms with van der Waals surface area (Å²) < 4.78 is 5.69. The zero-order valence-electron chi connectivity index (χ0n) is 17.1. The van der Waals surface area contributed by atoms with Crippen molar-refractivity contribution in [3.63, 3.8) is 0 Å². The number of benzene rings is 1. The molecule has 0 saturated heterocycles. The molecule has 1 aliphatic rings. The summed E-state index contributed by atoms with van der Waals surface area (Å²) in [6.07, 6.45) is 7.01. The molecule has 0 radical (unpaired) electrons. The predicted octanol–water partition coefficient (Wildman–Crippen LogP) is 5.09. The molecule has 2 aromatic rings. The van der Waals surface area contributed by atoms with E-state index in [0.29, 0.717) is 29.5 Å². The van der Waals surface area contributed by atoms with Crippen LogP contribution >= 0.6 is 0 Å². The van der Waals surface area contributed by atoms with E-state index in [1.165, 1.54) is 39.0 Å².